The van der Waals surface area contributed by atoms with E-state index in [-0.39, 0.29) is 0 Å². The second-order valence-corrected chi connectivity index (χ2v) is 4.11. The van der Waals surface area contributed by atoms with Crippen LogP contribution in [0.2, 0.25) is 0 Å². The monoisotopic (exact) mass is 251 g/mol. The third-order valence-corrected chi connectivity index (χ3v) is 2.74. The van der Waals surface area contributed by atoms with Crippen LogP contribution >= 0.6 is 0 Å². The fourth-order valence-corrected chi connectivity index (χ4v) is 1.90. The third kappa shape index (κ3) is 2.33. The van der Waals surface area contributed by atoms with Gasteiger partial charge in [0.2, 0.25) is 5.89 Å². The molecule has 0 fully saturated rings. The summed E-state index contributed by atoms with van der Waals surface area (Å²) in [5, 5.41) is 8.01. The summed E-state index contributed by atoms with van der Waals surface area (Å²) in [4.78, 5) is 1.93. The molecule has 0 bridgehead atoms. The molecule has 0 amide bonds. The fraction of sp³-hybridized carbons (Fsp3) is 0.0667. The van der Waals surface area contributed by atoms with Gasteiger partial charge in [-0.2, -0.15) is 0 Å². The van der Waals surface area contributed by atoms with Crippen LogP contribution in [0, 0.1) is 6.92 Å². The molecule has 19 heavy (non-hydrogen) atoms. The van der Waals surface area contributed by atoms with E-state index in [1.54, 1.807) is 6.92 Å². The number of nitrogens with zero attached hydrogens (tertiary/aromatic N) is 3. The van der Waals surface area contributed by atoms with Gasteiger partial charge >= 0.3 is 6.01 Å². The quantitative estimate of drug-likeness (QED) is 0.709. The number of para-hydroxylation sites is 2. The summed E-state index contributed by atoms with van der Waals surface area (Å²) < 4.78 is 5.56. The maximum atomic E-state index is 5.56. The zero-order valence-electron chi connectivity index (χ0n) is 10.5. The summed E-state index contributed by atoms with van der Waals surface area (Å²) in [7, 11) is 0. The molecule has 1 aromatic heterocycles. The molecule has 0 aliphatic rings. The van der Waals surface area contributed by atoms with Crippen LogP contribution in [0.15, 0.2) is 65.1 Å². The number of aryl methyl sites for hydroxylation is 1. The molecule has 0 aliphatic heterocycles. The van der Waals surface area contributed by atoms with E-state index < -0.39 is 0 Å². The van der Waals surface area contributed by atoms with Gasteiger partial charge in [0, 0.05) is 6.92 Å². The lowest BCUT2D eigenvalue weighted by Crippen LogP contribution is -2.09. The molecule has 0 spiro atoms. The van der Waals surface area contributed by atoms with Gasteiger partial charge in [0.15, 0.2) is 0 Å². The molecule has 1 heterocycles. The van der Waals surface area contributed by atoms with Crippen molar-refractivity contribution in [3.8, 4) is 0 Å². The first-order valence-electron chi connectivity index (χ1n) is 6.05. The first kappa shape index (κ1) is 11.5. The van der Waals surface area contributed by atoms with Crippen molar-refractivity contribution in [1.29, 1.82) is 0 Å². The standard InChI is InChI=1S/C15H13N3O/c1-12-16-17-15(19-12)18(13-8-4-2-5-9-13)14-10-6-3-7-11-14/h2-11H,1H3. The molecule has 0 unspecified atom stereocenters. The van der Waals surface area contributed by atoms with Gasteiger partial charge in [0.1, 0.15) is 0 Å². The van der Waals surface area contributed by atoms with Crippen molar-refractivity contribution in [2.75, 3.05) is 4.90 Å². The Hall–Kier alpha value is -2.62. The smallest absolute Gasteiger partial charge is 0.327 e. The predicted molar refractivity (Wildman–Crippen MR) is 73.7 cm³/mol. The number of rotatable bonds is 3. The molecular formula is C15H13N3O. The predicted octanol–water partition coefficient (Wildman–Crippen LogP) is 3.85. The van der Waals surface area contributed by atoms with Crippen molar-refractivity contribution in [3.05, 3.63) is 66.6 Å². The maximum Gasteiger partial charge on any atom is 0.327 e. The van der Waals surface area contributed by atoms with E-state index in [1.165, 1.54) is 0 Å². The average Bonchev–Trinajstić information content (AvgIpc) is 2.88. The molecule has 0 radical (unpaired) electrons. The molecule has 3 rings (SSSR count). The second kappa shape index (κ2) is 4.94. The van der Waals surface area contributed by atoms with Crippen LogP contribution in [0.5, 0.6) is 0 Å². The second-order valence-electron chi connectivity index (χ2n) is 4.11. The van der Waals surface area contributed by atoms with E-state index in [1.807, 2.05) is 65.6 Å². The van der Waals surface area contributed by atoms with Crippen LogP contribution in [0.4, 0.5) is 17.4 Å². The summed E-state index contributed by atoms with van der Waals surface area (Å²) in [6.45, 7) is 1.78. The van der Waals surface area contributed by atoms with Crippen LogP contribution < -0.4 is 4.90 Å². The summed E-state index contributed by atoms with van der Waals surface area (Å²) >= 11 is 0. The largest absolute Gasteiger partial charge is 0.408 e. The molecular weight excluding hydrogens is 238 g/mol. The van der Waals surface area contributed by atoms with Gasteiger partial charge in [-0.15, -0.1) is 5.10 Å². The molecule has 2 aromatic carbocycles. The average molecular weight is 251 g/mol. The minimum Gasteiger partial charge on any atom is -0.408 e. The number of anilines is 3. The van der Waals surface area contributed by atoms with Gasteiger partial charge in [0.05, 0.1) is 11.4 Å². The Morgan fingerprint density at radius 2 is 1.32 bits per heavy atom. The lowest BCUT2D eigenvalue weighted by molar-refractivity contribution is 0.526. The van der Waals surface area contributed by atoms with E-state index in [2.05, 4.69) is 10.2 Å². The maximum absolute atomic E-state index is 5.56. The fourth-order valence-electron chi connectivity index (χ4n) is 1.90. The molecule has 0 aliphatic carbocycles. The Bertz CT molecular complexity index is 610. The zero-order chi connectivity index (χ0) is 13.1. The number of hydrogen-bond donors (Lipinski definition) is 0. The molecule has 0 N–H and O–H groups in total. The lowest BCUT2D eigenvalue weighted by atomic mass is 10.2. The molecule has 3 aromatic rings. The molecule has 0 saturated carbocycles. The Kier molecular flexibility index (Phi) is 2.98. The molecule has 0 saturated heterocycles. The lowest BCUT2D eigenvalue weighted by Gasteiger charge is -2.20. The first-order valence-corrected chi connectivity index (χ1v) is 6.05. The van der Waals surface area contributed by atoms with Crippen molar-refractivity contribution < 1.29 is 4.42 Å². The molecule has 4 heteroatoms. The van der Waals surface area contributed by atoms with Crippen LogP contribution in [0.3, 0.4) is 0 Å². The number of aromatic nitrogens is 2. The van der Waals surface area contributed by atoms with Crippen molar-refractivity contribution in [1.82, 2.24) is 10.2 Å². The van der Waals surface area contributed by atoms with Gasteiger partial charge in [-0.1, -0.05) is 41.5 Å². The normalized spacial score (nSPS) is 10.4. The van der Waals surface area contributed by atoms with Crippen molar-refractivity contribution >= 4 is 17.4 Å². The molecule has 4 nitrogen and oxygen atoms in total. The Morgan fingerprint density at radius 1 is 0.789 bits per heavy atom. The van der Waals surface area contributed by atoms with Crippen LogP contribution in [-0.2, 0) is 0 Å². The van der Waals surface area contributed by atoms with E-state index in [0.29, 0.717) is 11.9 Å². The van der Waals surface area contributed by atoms with E-state index in [9.17, 15) is 0 Å². The molecule has 94 valence electrons. The highest BCUT2D eigenvalue weighted by molar-refractivity contribution is 5.71. The Balaban J connectivity index is 2.11. The third-order valence-electron chi connectivity index (χ3n) is 2.74. The summed E-state index contributed by atoms with van der Waals surface area (Å²) in [5.41, 5.74) is 1.97. The minimum atomic E-state index is 0.468. The van der Waals surface area contributed by atoms with Crippen LogP contribution in [0.25, 0.3) is 0 Å². The van der Waals surface area contributed by atoms with Crippen LogP contribution in [0.1, 0.15) is 5.89 Å². The van der Waals surface area contributed by atoms with Gasteiger partial charge in [0.25, 0.3) is 0 Å². The van der Waals surface area contributed by atoms with E-state index >= 15 is 0 Å². The minimum absolute atomic E-state index is 0.468. The highest BCUT2D eigenvalue weighted by atomic mass is 16.4. The van der Waals surface area contributed by atoms with Crippen LogP contribution in [-0.4, -0.2) is 10.2 Å². The number of hydrogen-bond acceptors (Lipinski definition) is 4. The topological polar surface area (TPSA) is 42.2 Å². The van der Waals surface area contributed by atoms with Crippen molar-refractivity contribution in [2.45, 2.75) is 6.92 Å². The molecule has 0 atom stereocenters. The summed E-state index contributed by atoms with van der Waals surface area (Å²) in [6.07, 6.45) is 0. The Labute approximate surface area is 111 Å². The zero-order valence-corrected chi connectivity index (χ0v) is 10.5. The van der Waals surface area contributed by atoms with E-state index in [4.69, 9.17) is 4.42 Å². The number of benzene rings is 2. The Morgan fingerprint density at radius 3 is 1.74 bits per heavy atom. The van der Waals surface area contributed by atoms with Crippen molar-refractivity contribution in [3.63, 3.8) is 0 Å². The van der Waals surface area contributed by atoms with E-state index in [0.717, 1.165) is 11.4 Å². The highest BCUT2D eigenvalue weighted by Gasteiger charge is 2.17. The highest BCUT2D eigenvalue weighted by Crippen LogP contribution is 2.32. The van der Waals surface area contributed by atoms with Gasteiger partial charge < -0.3 is 4.42 Å². The van der Waals surface area contributed by atoms with Gasteiger partial charge in [-0.05, 0) is 24.3 Å². The van der Waals surface area contributed by atoms with Crippen molar-refractivity contribution in [2.24, 2.45) is 0 Å². The van der Waals surface area contributed by atoms with Gasteiger partial charge in [-0.25, -0.2) is 0 Å². The summed E-state index contributed by atoms with van der Waals surface area (Å²) in [5.74, 6) is 0.548. The van der Waals surface area contributed by atoms with Gasteiger partial charge in [-0.3, -0.25) is 4.90 Å². The summed E-state index contributed by atoms with van der Waals surface area (Å²) in [6, 6.07) is 20.4. The SMILES string of the molecule is Cc1nnc(N(c2ccccc2)c2ccccc2)o1. The first-order chi connectivity index (χ1) is 9.34.